The van der Waals surface area contributed by atoms with Gasteiger partial charge < -0.3 is 145 Å². The second-order valence-corrected chi connectivity index (χ2v) is 17.4. The number of carboxylic acid groups (broad SMARTS) is 1. The fourth-order valence-electron chi connectivity index (χ4n) is 8.70. The van der Waals surface area contributed by atoms with Crippen molar-refractivity contribution in [1.82, 2.24) is 10.2 Å². The Bertz CT molecular complexity index is 1720. The van der Waals surface area contributed by atoms with Crippen molar-refractivity contribution < 1.29 is 149 Å². The fourth-order valence-corrected chi connectivity index (χ4v) is 8.70. The summed E-state index contributed by atoms with van der Waals surface area (Å²) in [5, 5.41) is 193. The predicted octanol–water partition coefficient (Wildman–Crippen LogP) is -13.1. The molecule has 5 rings (SSSR count). The number of ether oxygens (including phenoxy) is 9. The van der Waals surface area contributed by atoms with Crippen LogP contribution in [0.4, 0.5) is 0 Å². The number of aliphatic hydroxyl groups excluding tert-OH is 16. The zero-order valence-electron chi connectivity index (χ0n) is 37.4. The quantitative estimate of drug-likeness (QED) is 0.0606. The lowest BCUT2D eigenvalue weighted by atomic mass is 9.86. The first-order valence-electron chi connectivity index (χ1n) is 21.7. The van der Waals surface area contributed by atoms with Crippen molar-refractivity contribution in [2.45, 2.75) is 179 Å². The molecule has 5 saturated heterocycles. The van der Waals surface area contributed by atoms with Crippen molar-refractivity contribution in [1.29, 1.82) is 0 Å². The van der Waals surface area contributed by atoms with Gasteiger partial charge in [-0.05, 0) is 0 Å². The number of aliphatic carboxylic acids is 1. The predicted molar refractivity (Wildman–Crippen MR) is 213 cm³/mol. The maximum absolute atomic E-state index is 12.8. The van der Waals surface area contributed by atoms with Crippen LogP contribution in [0, 0.1) is 0 Å². The molecule has 0 spiro atoms. The summed E-state index contributed by atoms with van der Waals surface area (Å²) in [5.74, 6) is -7.57. The van der Waals surface area contributed by atoms with Gasteiger partial charge in [0.25, 0.3) is 5.79 Å². The highest BCUT2D eigenvalue weighted by atomic mass is 16.8. The van der Waals surface area contributed by atoms with Crippen LogP contribution in [0.2, 0.25) is 0 Å². The van der Waals surface area contributed by atoms with Gasteiger partial charge in [0, 0.05) is 20.9 Å². The standard InChI is InChI=1S/C38H64N2O30/c1-9(45)39-16-21(51)32(38(61,37(59)60)70-30(16)18(48)11(47)4-41)62-8-15-19(49)23(53)26(56)35(66-15)67-28-14(7-44)65-34(17(22(28)52)40(3)10(2)46)69-31-20(50)12(5-42)64-36(27(31)57)68-29-13(6-43)63-33(58)25(55)24(29)54/h11-36,41-44,47-58,61H,4-8H2,1-3H3,(H,39,45)(H,59,60). The van der Waals surface area contributed by atoms with E-state index < -0.39 is 216 Å². The molecule has 32 heteroatoms. The van der Waals surface area contributed by atoms with E-state index in [1.165, 1.54) is 0 Å². The smallest absolute Gasteiger partial charge is 0.367 e. The highest BCUT2D eigenvalue weighted by Crippen LogP contribution is 2.37. The van der Waals surface area contributed by atoms with Crippen molar-refractivity contribution >= 4 is 17.8 Å². The lowest BCUT2D eigenvalue weighted by Gasteiger charge is -2.51. The van der Waals surface area contributed by atoms with Crippen LogP contribution < -0.4 is 5.32 Å². The van der Waals surface area contributed by atoms with Crippen LogP contribution in [-0.2, 0) is 57.0 Å². The zero-order valence-corrected chi connectivity index (χ0v) is 37.4. The SMILES string of the molecule is CC(=O)NC1C(O)C(OCC2OC(OC3C(CO)OC(OC4C(O)C(CO)OC(OC5C(CO)OC(O)C(O)C5O)C4O)C(N(C)C(C)=O)C3O)C(O)C(O)C2O)C(O)(C(=O)O)OC1C(O)C(O)CO. The normalized spacial score (nSPS) is 46.7. The lowest BCUT2D eigenvalue weighted by Crippen LogP contribution is -2.74. The number of carbonyl (C=O) groups is 3. The van der Waals surface area contributed by atoms with Gasteiger partial charge in [-0.2, -0.15) is 0 Å². The molecule has 27 unspecified atom stereocenters. The molecule has 5 fully saturated rings. The summed E-state index contributed by atoms with van der Waals surface area (Å²) in [7, 11) is 1.13. The van der Waals surface area contributed by atoms with Crippen LogP contribution in [0.15, 0.2) is 0 Å². The van der Waals surface area contributed by atoms with Crippen molar-refractivity contribution in [3.8, 4) is 0 Å². The molecule has 406 valence electrons. The van der Waals surface area contributed by atoms with Crippen LogP contribution in [0.1, 0.15) is 13.8 Å². The number of hydrogen-bond acceptors (Lipinski definition) is 29. The molecule has 27 atom stereocenters. The van der Waals surface area contributed by atoms with Gasteiger partial charge in [-0.25, -0.2) is 4.79 Å². The maximum atomic E-state index is 12.8. The molecule has 5 aliphatic heterocycles. The van der Waals surface area contributed by atoms with E-state index in [4.69, 9.17) is 42.6 Å². The number of likely N-dealkylation sites (N-methyl/N-ethyl adjacent to an activating group) is 1. The van der Waals surface area contributed by atoms with Crippen molar-refractivity contribution in [2.75, 3.05) is 40.1 Å². The lowest BCUT2D eigenvalue weighted by molar-refractivity contribution is -0.384. The van der Waals surface area contributed by atoms with Crippen LogP contribution in [0.25, 0.3) is 0 Å². The molecule has 0 aromatic rings. The highest BCUT2D eigenvalue weighted by Gasteiger charge is 2.62. The van der Waals surface area contributed by atoms with Gasteiger partial charge in [-0.15, -0.1) is 0 Å². The van der Waals surface area contributed by atoms with E-state index in [1.54, 1.807) is 0 Å². The molecule has 0 radical (unpaired) electrons. The van der Waals surface area contributed by atoms with Gasteiger partial charge in [0.05, 0.1) is 39.1 Å². The second kappa shape index (κ2) is 24.1. The monoisotopic (exact) mass is 1030 g/mol. The van der Waals surface area contributed by atoms with Gasteiger partial charge >= 0.3 is 5.97 Å². The molecular weight excluding hydrogens is 964 g/mol. The van der Waals surface area contributed by atoms with Crippen molar-refractivity contribution in [3.05, 3.63) is 0 Å². The Kier molecular flexibility index (Phi) is 20.1. The first-order valence-corrected chi connectivity index (χ1v) is 21.7. The Morgan fingerprint density at radius 3 is 1.70 bits per heavy atom. The highest BCUT2D eigenvalue weighted by molar-refractivity contribution is 5.77. The van der Waals surface area contributed by atoms with E-state index in [2.05, 4.69) is 5.32 Å². The van der Waals surface area contributed by atoms with E-state index in [1.807, 2.05) is 0 Å². The summed E-state index contributed by atoms with van der Waals surface area (Å²) >= 11 is 0. The number of carbonyl (C=O) groups excluding carboxylic acids is 2. The number of aliphatic hydroxyl groups is 17. The summed E-state index contributed by atoms with van der Waals surface area (Å²) in [5.41, 5.74) is 0. The number of amides is 2. The second-order valence-electron chi connectivity index (χ2n) is 17.4. The molecule has 2 amide bonds. The van der Waals surface area contributed by atoms with Crippen LogP contribution >= 0.6 is 0 Å². The molecule has 19 N–H and O–H groups in total. The number of carboxylic acids is 1. The van der Waals surface area contributed by atoms with Gasteiger partial charge in [-0.3, -0.25) is 9.59 Å². The molecule has 0 aromatic heterocycles. The summed E-state index contributed by atoms with van der Waals surface area (Å²) in [6, 6.07) is -3.63. The number of nitrogens with one attached hydrogen (secondary N) is 1. The molecule has 0 aromatic carbocycles. The number of rotatable bonds is 18. The molecular formula is C38H64N2O30. The molecule has 0 saturated carbocycles. The van der Waals surface area contributed by atoms with Crippen LogP contribution in [0.5, 0.6) is 0 Å². The largest absolute Gasteiger partial charge is 0.477 e. The van der Waals surface area contributed by atoms with E-state index >= 15 is 0 Å². The maximum Gasteiger partial charge on any atom is 0.367 e. The minimum absolute atomic E-state index is 0.793. The Morgan fingerprint density at radius 2 is 1.16 bits per heavy atom. The molecule has 5 aliphatic rings. The minimum atomic E-state index is -3.62. The van der Waals surface area contributed by atoms with E-state index in [0.717, 1.165) is 25.8 Å². The summed E-state index contributed by atoms with van der Waals surface area (Å²) in [6.45, 7) is -3.26. The molecule has 5 heterocycles. The molecule has 70 heavy (non-hydrogen) atoms. The van der Waals surface area contributed by atoms with Crippen LogP contribution in [0.3, 0.4) is 0 Å². The topological polar surface area (TPSA) is 514 Å². The average Bonchev–Trinajstić information content (AvgIpc) is 3.31. The number of nitrogens with zero attached hydrogens (tertiary/aromatic N) is 1. The third-order valence-corrected chi connectivity index (χ3v) is 12.7. The third kappa shape index (κ3) is 11.8. The fraction of sp³-hybridized carbons (Fsp3) is 0.921. The van der Waals surface area contributed by atoms with E-state index in [-0.39, 0.29) is 0 Å². The van der Waals surface area contributed by atoms with Gasteiger partial charge in [-0.1, -0.05) is 0 Å². The Morgan fingerprint density at radius 1 is 0.629 bits per heavy atom. The van der Waals surface area contributed by atoms with Crippen molar-refractivity contribution in [3.63, 3.8) is 0 Å². The van der Waals surface area contributed by atoms with E-state index in [0.29, 0.717) is 0 Å². The van der Waals surface area contributed by atoms with E-state index in [9.17, 15) is 106 Å². The average molecular weight is 1030 g/mol. The molecule has 0 bridgehead atoms. The Labute approximate surface area is 395 Å². The minimum Gasteiger partial charge on any atom is -0.477 e. The molecule has 0 aliphatic carbocycles. The van der Waals surface area contributed by atoms with Gasteiger partial charge in [0.1, 0.15) is 122 Å². The third-order valence-electron chi connectivity index (χ3n) is 12.7. The van der Waals surface area contributed by atoms with Crippen molar-refractivity contribution in [2.24, 2.45) is 0 Å². The first-order chi connectivity index (χ1) is 32.8. The Hall–Kier alpha value is -2.63. The molecule has 32 nitrogen and oxygen atoms in total. The Balaban J connectivity index is 1.37. The van der Waals surface area contributed by atoms with Gasteiger partial charge in [0.2, 0.25) is 11.8 Å². The summed E-state index contributed by atoms with van der Waals surface area (Å²) in [6.07, 6.45) is -48.6. The summed E-state index contributed by atoms with van der Waals surface area (Å²) in [4.78, 5) is 38.1. The van der Waals surface area contributed by atoms with Crippen LogP contribution in [-0.4, -0.2) is 320 Å². The number of hydrogen-bond donors (Lipinski definition) is 19. The first kappa shape index (κ1) is 58.3. The van der Waals surface area contributed by atoms with Gasteiger partial charge in [0.15, 0.2) is 31.3 Å². The zero-order chi connectivity index (χ0) is 52.4. The summed E-state index contributed by atoms with van der Waals surface area (Å²) < 4.78 is 50.2.